The Morgan fingerprint density at radius 2 is 2.39 bits per heavy atom. The first-order valence-electron chi connectivity index (χ1n) is 6.23. The van der Waals surface area contributed by atoms with Crippen LogP contribution >= 0.6 is 0 Å². The highest BCUT2D eigenvalue weighted by Crippen LogP contribution is 2.09. The van der Waals surface area contributed by atoms with Crippen LogP contribution in [0.25, 0.3) is 0 Å². The van der Waals surface area contributed by atoms with E-state index in [1.54, 1.807) is 6.92 Å². The maximum absolute atomic E-state index is 11.9. The summed E-state index contributed by atoms with van der Waals surface area (Å²) in [7, 11) is 1.93. The lowest BCUT2D eigenvalue weighted by atomic mass is 10.1. The molecular formula is C12H19N3O3. The fraction of sp³-hybridized carbons (Fsp3) is 0.667. The first-order valence-corrected chi connectivity index (χ1v) is 6.23. The quantitative estimate of drug-likeness (QED) is 0.826. The summed E-state index contributed by atoms with van der Waals surface area (Å²) in [6, 6.07) is 1.74. The molecule has 1 fully saturated rings. The van der Waals surface area contributed by atoms with Crippen molar-refractivity contribution in [3.63, 3.8) is 0 Å². The minimum Gasteiger partial charge on any atom is -0.373 e. The molecule has 0 saturated carbocycles. The van der Waals surface area contributed by atoms with Gasteiger partial charge in [0.25, 0.3) is 11.5 Å². The molecule has 1 unspecified atom stereocenters. The zero-order valence-corrected chi connectivity index (χ0v) is 10.8. The molecule has 1 aromatic rings. The first-order chi connectivity index (χ1) is 8.60. The number of likely N-dealkylation sites (N-methyl/N-ethyl adjacent to an activating group) is 1. The molecular weight excluding hydrogens is 234 g/mol. The highest BCUT2D eigenvalue weighted by molar-refractivity contribution is 5.79. The Morgan fingerprint density at radius 3 is 3.00 bits per heavy atom. The topological polar surface area (TPSA) is 67.5 Å². The van der Waals surface area contributed by atoms with Gasteiger partial charge in [0.1, 0.15) is 5.76 Å². The number of piperidine rings is 1. The molecule has 0 amide bonds. The Kier molecular flexibility index (Phi) is 3.98. The van der Waals surface area contributed by atoms with Crippen molar-refractivity contribution in [2.24, 2.45) is 0 Å². The molecule has 0 aromatic carbocycles. The molecule has 1 aromatic heterocycles. The number of aryl methyl sites for hydroxylation is 1. The van der Waals surface area contributed by atoms with Crippen LogP contribution in [0.5, 0.6) is 0 Å². The van der Waals surface area contributed by atoms with E-state index in [-0.39, 0.29) is 18.0 Å². The number of hydrogen-bond acceptors (Lipinski definition) is 5. The lowest BCUT2D eigenvalue weighted by molar-refractivity contribution is 0.0688. The van der Waals surface area contributed by atoms with E-state index in [4.69, 9.17) is 4.52 Å². The predicted octanol–water partition coefficient (Wildman–Crippen LogP) is 0.0737. The predicted molar refractivity (Wildman–Crippen MR) is 66.9 cm³/mol. The fourth-order valence-electron chi connectivity index (χ4n) is 2.31. The Hall–Kier alpha value is -1.40. The second-order valence-electron chi connectivity index (χ2n) is 4.74. The van der Waals surface area contributed by atoms with Gasteiger partial charge in [-0.3, -0.25) is 14.5 Å². The van der Waals surface area contributed by atoms with Crippen molar-refractivity contribution in [3.8, 4) is 0 Å². The zero-order chi connectivity index (χ0) is 13.1. The minimum absolute atomic E-state index is 0.227. The van der Waals surface area contributed by atoms with Crippen molar-refractivity contribution in [3.05, 3.63) is 22.2 Å². The second kappa shape index (κ2) is 5.49. The van der Waals surface area contributed by atoms with E-state index in [9.17, 15) is 9.59 Å². The van der Waals surface area contributed by atoms with Crippen LogP contribution < -0.4 is 10.9 Å². The monoisotopic (exact) mass is 253 g/mol. The Morgan fingerprint density at radius 1 is 1.61 bits per heavy atom. The second-order valence-corrected chi connectivity index (χ2v) is 4.74. The van der Waals surface area contributed by atoms with Gasteiger partial charge in [0.05, 0.1) is 6.54 Å². The SMILES string of the molecule is CNC1CCCN(CC(=O)n2oc(C)cc2=O)C1. The summed E-state index contributed by atoms with van der Waals surface area (Å²) in [5, 5.41) is 3.22. The lowest BCUT2D eigenvalue weighted by Gasteiger charge is -2.31. The van der Waals surface area contributed by atoms with Gasteiger partial charge < -0.3 is 9.84 Å². The summed E-state index contributed by atoms with van der Waals surface area (Å²) >= 11 is 0. The van der Waals surface area contributed by atoms with E-state index in [0.29, 0.717) is 11.8 Å². The molecule has 1 aliphatic rings. The zero-order valence-electron chi connectivity index (χ0n) is 10.8. The van der Waals surface area contributed by atoms with Gasteiger partial charge in [-0.25, -0.2) is 0 Å². The maximum Gasteiger partial charge on any atom is 0.290 e. The summed E-state index contributed by atoms with van der Waals surface area (Å²) < 4.78 is 5.93. The van der Waals surface area contributed by atoms with E-state index in [2.05, 4.69) is 10.2 Å². The van der Waals surface area contributed by atoms with Gasteiger partial charge in [-0.1, -0.05) is 0 Å². The molecule has 0 bridgehead atoms. The lowest BCUT2D eigenvalue weighted by Crippen LogP contribution is -2.47. The van der Waals surface area contributed by atoms with Gasteiger partial charge in [-0.2, -0.15) is 0 Å². The van der Waals surface area contributed by atoms with Crippen LogP contribution in [0.2, 0.25) is 0 Å². The minimum atomic E-state index is -0.389. The largest absolute Gasteiger partial charge is 0.373 e. The van der Waals surface area contributed by atoms with Crippen molar-refractivity contribution >= 4 is 5.91 Å². The number of nitrogens with one attached hydrogen (secondary N) is 1. The van der Waals surface area contributed by atoms with Gasteiger partial charge in [0.2, 0.25) is 0 Å². The van der Waals surface area contributed by atoms with Crippen LogP contribution in [-0.4, -0.2) is 48.3 Å². The standard InChI is InChI=1S/C12H19N3O3/c1-9-6-11(16)15(18-9)12(17)8-14-5-3-4-10(7-14)13-2/h6,10,13H,3-5,7-8H2,1-2H3. The number of carbonyl (C=O) groups excluding carboxylic acids is 1. The normalized spacial score (nSPS) is 21.1. The van der Waals surface area contributed by atoms with Crippen molar-refractivity contribution in [1.82, 2.24) is 15.0 Å². The van der Waals surface area contributed by atoms with Crippen LogP contribution in [0.4, 0.5) is 0 Å². The molecule has 0 spiro atoms. The summed E-state index contributed by atoms with van der Waals surface area (Å²) in [5.74, 6) is 0.157. The molecule has 6 heteroatoms. The van der Waals surface area contributed by atoms with Crippen molar-refractivity contribution < 1.29 is 9.32 Å². The first kappa shape index (κ1) is 13.0. The average Bonchev–Trinajstić information content (AvgIpc) is 2.69. The number of hydrogen-bond donors (Lipinski definition) is 1. The van der Waals surface area contributed by atoms with E-state index in [1.807, 2.05) is 7.05 Å². The van der Waals surface area contributed by atoms with Gasteiger partial charge in [-0.15, -0.1) is 4.74 Å². The van der Waals surface area contributed by atoms with Crippen LogP contribution in [0.15, 0.2) is 15.4 Å². The van der Waals surface area contributed by atoms with Crippen LogP contribution in [0.3, 0.4) is 0 Å². The Labute approximate surface area is 106 Å². The number of carbonyl (C=O) groups is 1. The van der Waals surface area contributed by atoms with E-state index in [0.717, 1.165) is 30.7 Å². The summed E-state index contributed by atoms with van der Waals surface area (Å²) in [6.45, 7) is 3.60. The molecule has 0 radical (unpaired) electrons. The van der Waals surface area contributed by atoms with Gasteiger partial charge in [0, 0.05) is 18.7 Å². The third-order valence-corrected chi connectivity index (χ3v) is 3.26. The van der Waals surface area contributed by atoms with Crippen molar-refractivity contribution in [2.45, 2.75) is 25.8 Å². The third-order valence-electron chi connectivity index (χ3n) is 3.26. The molecule has 18 heavy (non-hydrogen) atoms. The summed E-state index contributed by atoms with van der Waals surface area (Å²) in [6.07, 6.45) is 2.19. The number of nitrogens with zero attached hydrogens (tertiary/aromatic N) is 2. The molecule has 6 nitrogen and oxygen atoms in total. The maximum atomic E-state index is 11.9. The number of rotatable bonds is 3. The Bertz CT molecular complexity index is 477. The van der Waals surface area contributed by atoms with E-state index < -0.39 is 0 Å². The van der Waals surface area contributed by atoms with E-state index >= 15 is 0 Å². The molecule has 100 valence electrons. The van der Waals surface area contributed by atoms with Crippen LogP contribution in [-0.2, 0) is 0 Å². The van der Waals surface area contributed by atoms with Gasteiger partial charge >= 0.3 is 0 Å². The molecule has 1 aliphatic heterocycles. The molecule has 1 N–H and O–H groups in total. The van der Waals surface area contributed by atoms with Gasteiger partial charge in [-0.05, 0) is 33.4 Å². The molecule has 2 heterocycles. The van der Waals surface area contributed by atoms with Crippen LogP contribution in [0, 0.1) is 6.92 Å². The average molecular weight is 253 g/mol. The highest BCUT2D eigenvalue weighted by Gasteiger charge is 2.22. The highest BCUT2D eigenvalue weighted by atomic mass is 16.5. The smallest absolute Gasteiger partial charge is 0.290 e. The van der Waals surface area contributed by atoms with Crippen LogP contribution in [0.1, 0.15) is 23.4 Å². The van der Waals surface area contributed by atoms with Crippen molar-refractivity contribution in [2.75, 3.05) is 26.7 Å². The number of likely N-dealkylation sites (tertiary alicyclic amines) is 1. The summed E-state index contributed by atoms with van der Waals surface area (Å²) in [5.41, 5.74) is -0.389. The van der Waals surface area contributed by atoms with Gasteiger partial charge in [0.15, 0.2) is 0 Å². The fourth-order valence-corrected chi connectivity index (χ4v) is 2.31. The number of aromatic nitrogens is 1. The molecule has 1 saturated heterocycles. The van der Waals surface area contributed by atoms with E-state index in [1.165, 1.54) is 6.07 Å². The third kappa shape index (κ3) is 2.88. The molecule has 2 rings (SSSR count). The van der Waals surface area contributed by atoms with Crippen molar-refractivity contribution in [1.29, 1.82) is 0 Å². The summed E-state index contributed by atoms with van der Waals surface area (Å²) in [4.78, 5) is 25.5. The molecule has 1 atom stereocenters. The Balaban J connectivity index is 1.99. The molecule has 0 aliphatic carbocycles.